The Bertz CT molecular complexity index is 677. The predicted molar refractivity (Wildman–Crippen MR) is 90.4 cm³/mol. The van der Waals surface area contributed by atoms with Crippen LogP contribution in [0.4, 0.5) is 4.79 Å². The van der Waals surface area contributed by atoms with Gasteiger partial charge in [-0.05, 0) is 24.6 Å². The third-order valence-corrected chi connectivity index (χ3v) is 3.40. The van der Waals surface area contributed by atoms with Gasteiger partial charge >= 0.3 is 12.0 Å². The highest BCUT2D eigenvalue weighted by Gasteiger charge is 2.32. The molecule has 1 aromatic carbocycles. The summed E-state index contributed by atoms with van der Waals surface area (Å²) >= 11 is 0. The standard InChI is InChI=1S/C18H20N2O4/c1-4-10-23-14-8-6-13(7-9-14)16-15(17(21)24-11-5-2)12(3)19-18(22)20-16/h4-9,16H,1-2,10-11H2,3H3,(H2,19,20,22). The van der Waals surface area contributed by atoms with Gasteiger partial charge in [0, 0.05) is 5.70 Å². The van der Waals surface area contributed by atoms with E-state index in [4.69, 9.17) is 9.47 Å². The molecule has 2 rings (SSSR count). The van der Waals surface area contributed by atoms with Crippen molar-refractivity contribution in [2.75, 3.05) is 13.2 Å². The smallest absolute Gasteiger partial charge is 0.338 e. The van der Waals surface area contributed by atoms with Gasteiger partial charge in [-0.25, -0.2) is 9.59 Å². The lowest BCUT2D eigenvalue weighted by Gasteiger charge is -2.28. The largest absolute Gasteiger partial charge is 0.490 e. The van der Waals surface area contributed by atoms with E-state index >= 15 is 0 Å². The Kier molecular flexibility index (Phi) is 5.78. The van der Waals surface area contributed by atoms with E-state index in [1.807, 2.05) is 0 Å². The van der Waals surface area contributed by atoms with E-state index in [0.29, 0.717) is 23.6 Å². The quantitative estimate of drug-likeness (QED) is 0.596. The molecule has 0 bridgehead atoms. The first kappa shape index (κ1) is 17.3. The predicted octanol–water partition coefficient (Wildman–Crippen LogP) is 2.61. The van der Waals surface area contributed by atoms with Crippen LogP contribution in [0.2, 0.25) is 0 Å². The van der Waals surface area contributed by atoms with Gasteiger partial charge in [0.2, 0.25) is 0 Å². The minimum absolute atomic E-state index is 0.102. The molecule has 1 aromatic rings. The number of carbonyl (C=O) groups excluding carboxylic acids is 2. The Morgan fingerprint density at radius 1 is 1.21 bits per heavy atom. The van der Waals surface area contributed by atoms with Gasteiger partial charge < -0.3 is 20.1 Å². The van der Waals surface area contributed by atoms with Gasteiger partial charge in [-0.1, -0.05) is 37.4 Å². The van der Waals surface area contributed by atoms with Crippen LogP contribution in [0.1, 0.15) is 18.5 Å². The normalized spacial score (nSPS) is 16.7. The number of rotatable bonds is 7. The van der Waals surface area contributed by atoms with Crippen LogP contribution in [0.25, 0.3) is 0 Å². The van der Waals surface area contributed by atoms with Gasteiger partial charge in [0.1, 0.15) is 19.0 Å². The lowest BCUT2D eigenvalue weighted by atomic mass is 9.95. The molecule has 1 aliphatic rings. The van der Waals surface area contributed by atoms with Crippen LogP contribution in [0, 0.1) is 0 Å². The summed E-state index contributed by atoms with van der Waals surface area (Å²) in [6, 6.07) is 6.17. The lowest BCUT2D eigenvalue weighted by Crippen LogP contribution is -2.45. The molecule has 1 heterocycles. The fourth-order valence-corrected chi connectivity index (χ4v) is 2.34. The zero-order valence-corrected chi connectivity index (χ0v) is 13.5. The molecule has 0 fully saturated rings. The summed E-state index contributed by atoms with van der Waals surface area (Å²) < 4.78 is 10.6. The van der Waals surface area contributed by atoms with Crippen molar-refractivity contribution in [2.24, 2.45) is 0 Å². The Labute approximate surface area is 140 Å². The molecule has 126 valence electrons. The van der Waals surface area contributed by atoms with Gasteiger partial charge in [-0.15, -0.1) is 0 Å². The Balaban J connectivity index is 2.28. The number of carbonyl (C=O) groups is 2. The number of urea groups is 1. The van der Waals surface area contributed by atoms with Crippen LogP contribution >= 0.6 is 0 Å². The van der Waals surface area contributed by atoms with E-state index in [1.165, 1.54) is 6.08 Å². The maximum Gasteiger partial charge on any atom is 0.338 e. The van der Waals surface area contributed by atoms with Crippen LogP contribution in [-0.4, -0.2) is 25.2 Å². The summed E-state index contributed by atoms with van der Waals surface area (Å²) in [5, 5.41) is 5.33. The highest BCUT2D eigenvalue weighted by molar-refractivity contribution is 5.95. The van der Waals surface area contributed by atoms with Crippen molar-refractivity contribution in [3.63, 3.8) is 0 Å². The molecule has 2 N–H and O–H groups in total. The molecular formula is C18H20N2O4. The number of benzene rings is 1. The van der Waals surface area contributed by atoms with Crippen molar-refractivity contribution in [1.82, 2.24) is 10.6 Å². The summed E-state index contributed by atoms with van der Waals surface area (Å²) in [5.74, 6) is 0.173. The number of ether oxygens (including phenoxy) is 2. The van der Waals surface area contributed by atoms with Crippen LogP contribution < -0.4 is 15.4 Å². The summed E-state index contributed by atoms with van der Waals surface area (Å²) in [5.41, 5.74) is 1.57. The van der Waals surface area contributed by atoms with Crippen LogP contribution in [0.5, 0.6) is 5.75 Å². The molecule has 24 heavy (non-hydrogen) atoms. The van der Waals surface area contributed by atoms with Gasteiger partial charge in [-0.2, -0.15) is 0 Å². The molecule has 6 nitrogen and oxygen atoms in total. The molecule has 0 saturated heterocycles. The van der Waals surface area contributed by atoms with Gasteiger partial charge in [0.15, 0.2) is 0 Å². The first-order chi connectivity index (χ1) is 11.6. The number of esters is 1. The third-order valence-electron chi connectivity index (χ3n) is 3.40. The maximum atomic E-state index is 12.3. The molecule has 0 spiro atoms. The SMILES string of the molecule is C=CCOC(=O)C1=C(C)NC(=O)NC1c1ccc(OCC=C)cc1. The first-order valence-electron chi connectivity index (χ1n) is 7.46. The molecule has 1 unspecified atom stereocenters. The fourth-order valence-electron chi connectivity index (χ4n) is 2.34. The van der Waals surface area contributed by atoms with Crippen LogP contribution in [0.15, 0.2) is 60.8 Å². The molecule has 1 atom stereocenters. The van der Waals surface area contributed by atoms with E-state index in [-0.39, 0.29) is 12.6 Å². The van der Waals surface area contributed by atoms with Crippen molar-refractivity contribution in [3.8, 4) is 5.75 Å². The molecular weight excluding hydrogens is 308 g/mol. The van der Waals surface area contributed by atoms with Crippen molar-refractivity contribution >= 4 is 12.0 Å². The molecule has 2 amide bonds. The number of amides is 2. The number of nitrogens with one attached hydrogen (secondary N) is 2. The van der Waals surface area contributed by atoms with E-state index in [9.17, 15) is 9.59 Å². The molecule has 0 radical (unpaired) electrons. The minimum atomic E-state index is -0.593. The average molecular weight is 328 g/mol. The molecule has 0 aliphatic carbocycles. The topological polar surface area (TPSA) is 76.7 Å². The molecule has 1 aliphatic heterocycles. The van der Waals surface area contributed by atoms with E-state index in [0.717, 1.165) is 5.56 Å². The summed E-state index contributed by atoms with van der Waals surface area (Å²) in [6.07, 6.45) is 3.14. The number of hydrogen-bond acceptors (Lipinski definition) is 4. The summed E-state index contributed by atoms with van der Waals surface area (Å²) in [4.78, 5) is 24.1. The fraction of sp³-hybridized carbons (Fsp3) is 0.222. The maximum absolute atomic E-state index is 12.3. The van der Waals surface area contributed by atoms with Crippen molar-refractivity contribution in [2.45, 2.75) is 13.0 Å². The molecule has 0 aromatic heterocycles. The van der Waals surface area contributed by atoms with Crippen molar-refractivity contribution < 1.29 is 19.1 Å². The highest BCUT2D eigenvalue weighted by atomic mass is 16.5. The second-order valence-electron chi connectivity index (χ2n) is 5.13. The van der Waals surface area contributed by atoms with Gasteiger partial charge in [0.25, 0.3) is 0 Å². The van der Waals surface area contributed by atoms with E-state index in [1.54, 1.807) is 37.3 Å². The van der Waals surface area contributed by atoms with Crippen LogP contribution in [0.3, 0.4) is 0 Å². The summed E-state index contributed by atoms with van der Waals surface area (Å²) in [6.45, 7) is 9.28. The third kappa shape index (κ3) is 4.04. The van der Waals surface area contributed by atoms with Crippen LogP contribution in [-0.2, 0) is 9.53 Å². The van der Waals surface area contributed by atoms with Crippen molar-refractivity contribution in [1.29, 1.82) is 0 Å². The summed E-state index contributed by atoms with van der Waals surface area (Å²) in [7, 11) is 0. The second kappa shape index (κ2) is 8.01. The Hall–Kier alpha value is -3.02. The Morgan fingerprint density at radius 2 is 1.88 bits per heavy atom. The average Bonchev–Trinajstić information content (AvgIpc) is 2.57. The molecule has 6 heteroatoms. The number of allylic oxidation sites excluding steroid dienone is 1. The Morgan fingerprint density at radius 3 is 2.50 bits per heavy atom. The molecule has 0 saturated carbocycles. The van der Waals surface area contributed by atoms with E-state index < -0.39 is 12.0 Å². The zero-order valence-electron chi connectivity index (χ0n) is 13.5. The second-order valence-corrected chi connectivity index (χ2v) is 5.13. The number of hydrogen-bond donors (Lipinski definition) is 2. The van der Waals surface area contributed by atoms with Crippen molar-refractivity contribution in [3.05, 3.63) is 66.4 Å². The zero-order chi connectivity index (χ0) is 17.5. The lowest BCUT2D eigenvalue weighted by molar-refractivity contribution is -0.138. The highest BCUT2D eigenvalue weighted by Crippen LogP contribution is 2.28. The minimum Gasteiger partial charge on any atom is -0.490 e. The van der Waals surface area contributed by atoms with Gasteiger partial charge in [-0.3, -0.25) is 0 Å². The van der Waals surface area contributed by atoms with E-state index in [2.05, 4.69) is 23.8 Å². The van der Waals surface area contributed by atoms with Gasteiger partial charge in [0.05, 0.1) is 11.6 Å². The first-order valence-corrected chi connectivity index (χ1v) is 7.46. The monoisotopic (exact) mass is 328 g/mol.